The summed E-state index contributed by atoms with van der Waals surface area (Å²) in [4.78, 5) is 2.39. The summed E-state index contributed by atoms with van der Waals surface area (Å²) in [6.45, 7) is 8.23. The Labute approximate surface area is 173 Å². The number of aryl methyl sites for hydroxylation is 1. The fraction of sp³-hybridized carbons (Fsp3) is 0.455. The van der Waals surface area contributed by atoms with Crippen LogP contribution >= 0.6 is 24.0 Å². The second kappa shape index (κ2) is 9.90. The number of rotatable bonds is 6. The molecular weight excluding hydrogens is 381 g/mol. The average Bonchev–Trinajstić information content (AvgIpc) is 2.68. The summed E-state index contributed by atoms with van der Waals surface area (Å²) >= 11 is 6.10. The van der Waals surface area contributed by atoms with Crippen molar-refractivity contribution in [1.82, 2.24) is 4.90 Å². The molecule has 3 nitrogen and oxygen atoms in total. The monoisotopic (exact) mass is 409 g/mol. The number of hydrogen-bond donors (Lipinski definition) is 1. The van der Waals surface area contributed by atoms with E-state index < -0.39 is 5.60 Å². The van der Waals surface area contributed by atoms with E-state index in [4.69, 9.17) is 16.3 Å². The first kappa shape index (κ1) is 22.2. The zero-order chi connectivity index (χ0) is 18.6. The van der Waals surface area contributed by atoms with Crippen LogP contribution in [0.1, 0.15) is 36.0 Å². The lowest BCUT2D eigenvalue weighted by Crippen LogP contribution is -2.44. The Bertz CT molecular complexity index is 699. The molecule has 1 aliphatic rings. The average molecular weight is 410 g/mol. The number of halogens is 2. The first-order valence-electron chi connectivity index (χ1n) is 9.38. The molecule has 0 radical (unpaired) electrons. The highest BCUT2D eigenvalue weighted by Gasteiger charge is 2.39. The molecule has 2 atom stereocenters. The topological polar surface area (TPSA) is 32.7 Å². The van der Waals surface area contributed by atoms with Gasteiger partial charge in [0, 0.05) is 30.6 Å². The van der Waals surface area contributed by atoms with Crippen molar-refractivity contribution in [3.05, 3.63) is 70.2 Å². The first-order valence-corrected chi connectivity index (χ1v) is 9.76. The van der Waals surface area contributed by atoms with Gasteiger partial charge in [0.1, 0.15) is 0 Å². The normalized spacial score (nSPS) is 18.4. The standard InChI is InChI=1S/C22H28ClNO2.ClH/c1-3-22(25,19-8-4-17(2)5-9-19)21(16-24-12-14-26-15-13-24)18-6-10-20(23)11-7-18;/h4-11,21,25H,3,12-16H2,1-2H3;1H. The number of nitrogens with zero attached hydrogens (tertiary/aromatic N) is 1. The van der Waals surface area contributed by atoms with Crippen LogP contribution in [0.5, 0.6) is 0 Å². The summed E-state index contributed by atoms with van der Waals surface area (Å²) < 4.78 is 5.49. The maximum atomic E-state index is 11.8. The lowest BCUT2D eigenvalue weighted by molar-refractivity contribution is -0.0250. The molecule has 148 valence electrons. The third kappa shape index (κ3) is 5.24. The number of hydrogen-bond acceptors (Lipinski definition) is 3. The van der Waals surface area contributed by atoms with Crippen molar-refractivity contribution in [2.75, 3.05) is 32.8 Å². The Kier molecular flexibility index (Phi) is 8.14. The molecule has 0 saturated carbocycles. The van der Waals surface area contributed by atoms with Crippen molar-refractivity contribution in [2.24, 2.45) is 0 Å². The fourth-order valence-corrected chi connectivity index (χ4v) is 3.89. The SMILES string of the molecule is CCC(O)(c1ccc(C)cc1)C(CN1CCOCC1)c1ccc(Cl)cc1.Cl. The molecule has 0 aromatic heterocycles. The van der Waals surface area contributed by atoms with E-state index in [-0.39, 0.29) is 18.3 Å². The van der Waals surface area contributed by atoms with Gasteiger partial charge in [-0.25, -0.2) is 0 Å². The molecule has 1 N–H and O–H groups in total. The Morgan fingerprint density at radius 2 is 1.67 bits per heavy atom. The van der Waals surface area contributed by atoms with Gasteiger partial charge < -0.3 is 9.84 Å². The highest BCUT2D eigenvalue weighted by atomic mass is 35.5. The zero-order valence-corrected chi connectivity index (χ0v) is 17.6. The lowest BCUT2D eigenvalue weighted by atomic mass is 9.75. The van der Waals surface area contributed by atoms with Crippen LogP contribution in [0.25, 0.3) is 0 Å². The van der Waals surface area contributed by atoms with Crippen LogP contribution in [0.2, 0.25) is 5.02 Å². The molecule has 1 fully saturated rings. The van der Waals surface area contributed by atoms with Crippen LogP contribution in [0, 0.1) is 6.92 Å². The molecule has 1 saturated heterocycles. The van der Waals surface area contributed by atoms with Gasteiger partial charge in [0.05, 0.1) is 18.8 Å². The van der Waals surface area contributed by atoms with Crippen LogP contribution in [-0.4, -0.2) is 42.9 Å². The van der Waals surface area contributed by atoms with Crippen molar-refractivity contribution >= 4 is 24.0 Å². The van der Waals surface area contributed by atoms with Gasteiger partial charge in [-0.1, -0.05) is 60.5 Å². The van der Waals surface area contributed by atoms with E-state index in [1.165, 1.54) is 5.56 Å². The minimum Gasteiger partial charge on any atom is -0.384 e. The summed E-state index contributed by atoms with van der Waals surface area (Å²) in [6.07, 6.45) is 0.647. The fourth-order valence-electron chi connectivity index (χ4n) is 3.76. The number of ether oxygens (including phenoxy) is 1. The maximum absolute atomic E-state index is 11.8. The van der Waals surface area contributed by atoms with Crippen molar-refractivity contribution in [3.63, 3.8) is 0 Å². The third-order valence-corrected chi connectivity index (χ3v) is 5.74. The third-order valence-electron chi connectivity index (χ3n) is 5.48. The van der Waals surface area contributed by atoms with Gasteiger partial charge in [-0.3, -0.25) is 4.90 Å². The van der Waals surface area contributed by atoms with Gasteiger partial charge in [0.25, 0.3) is 0 Å². The molecule has 0 aliphatic carbocycles. The van der Waals surface area contributed by atoms with Crippen molar-refractivity contribution in [3.8, 4) is 0 Å². The zero-order valence-electron chi connectivity index (χ0n) is 16.0. The van der Waals surface area contributed by atoms with Crippen LogP contribution in [-0.2, 0) is 10.3 Å². The van der Waals surface area contributed by atoms with E-state index in [0.717, 1.165) is 44.0 Å². The van der Waals surface area contributed by atoms with Gasteiger partial charge in [-0.2, -0.15) is 0 Å². The molecule has 0 spiro atoms. The number of morpholine rings is 1. The van der Waals surface area contributed by atoms with Crippen LogP contribution < -0.4 is 0 Å². The smallest absolute Gasteiger partial charge is 0.0974 e. The van der Waals surface area contributed by atoms with Gasteiger partial charge in [0.2, 0.25) is 0 Å². The van der Waals surface area contributed by atoms with Crippen molar-refractivity contribution in [1.29, 1.82) is 0 Å². The summed E-state index contributed by atoms with van der Waals surface area (Å²) in [6, 6.07) is 16.2. The molecule has 5 heteroatoms. The predicted molar refractivity (Wildman–Crippen MR) is 114 cm³/mol. The summed E-state index contributed by atoms with van der Waals surface area (Å²) in [5, 5.41) is 12.5. The highest BCUT2D eigenvalue weighted by Crippen LogP contribution is 2.41. The Morgan fingerprint density at radius 1 is 1.07 bits per heavy atom. The Morgan fingerprint density at radius 3 is 2.22 bits per heavy atom. The maximum Gasteiger partial charge on any atom is 0.0974 e. The molecule has 1 aliphatic heterocycles. The lowest BCUT2D eigenvalue weighted by Gasteiger charge is -2.40. The van der Waals surface area contributed by atoms with E-state index in [1.807, 2.05) is 24.3 Å². The largest absolute Gasteiger partial charge is 0.384 e. The van der Waals surface area contributed by atoms with Gasteiger partial charge in [-0.15, -0.1) is 12.4 Å². The van der Waals surface area contributed by atoms with E-state index in [2.05, 4.69) is 43.0 Å². The van der Waals surface area contributed by atoms with Crippen LogP contribution in [0.15, 0.2) is 48.5 Å². The van der Waals surface area contributed by atoms with E-state index in [0.29, 0.717) is 11.4 Å². The quantitative estimate of drug-likeness (QED) is 0.744. The molecule has 3 rings (SSSR count). The minimum atomic E-state index is -0.931. The molecule has 1 heterocycles. The van der Waals surface area contributed by atoms with Gasteiger partial charge in [-0.05, 0) is 36.6 Å². The molecule has 2 unspecified atom stereocenters. The molecule has 0 bridgehead atoms. The van der Waals surface area contributed by atoms with Crippen LogP contribution in [0.3, 0.4) is 0 Å². The highest BCUT2D eigenvalue weighted by molar-refractivity contribution is 6.30. The summed E-state index contributed by atoms with van der Waals surface area (Å²) in [5.41, 5.74) is 2.35. The Hall–Kier alpha value is -1.10. The minimum absolute atomic E-state index is 0. The molecule has 27 heavy (non-hydrogen) atoms. The van der Waals surface area contributed by atoms with Gasteiger partial charge >= 0.3 is 0 Å². The molecule has 2 aromatic rings. The second-order valence-electron chi connectivity index (χ2n) is 7.16. The van der Waals surface area contributed by atoms with E-state index in [9.17, 15) is 5.11 Å². The van der Waals surface area contributed by atoms with Gasteiger partial charge in [0.15, 0.2) is 0 Å². The van der Waals surface area contributed by atoms with E-state index >= 15 is 0 Å². The predicted octanol–water partition coefficient (Wildman–Crippen LogP) is 4.78. The molecule has 2 aromatic carbocycles. The second-order valence-corrected chi connectivity index (χ2v) is 7.60. The molecular formula is C22H29Cl2NO2. The number of aliphatic hydroxyl groups is 1. The Balaban J connectivity index is 0.00000261. The van der Waals surface area contributed by atoms with Crippen molar-refractivity contribution < 1.29 is 9.84 Å². The molecule has 0 amide bonds. The number of benzene rings is 2. The van der Waals surface area contributed by atoms with Crippen LogP contribution in [0.4, 0.5) is 0 Å². The summed E-state index contributed by atoms with van der Waals surface area (Å²) in [5.74, 6) is -0.0365. The first-order chi connectivity index (χ1) is 12.5. The van der Waals surface area contributed by atoms with E-state index in [1.54, 1.807) is 0 Å². The van der Waals surface area contributed by atoms with Crippen molar-refractivity contribution in [2.45, 2.75) is 31.8 Å². The summed E-state index contributed by atoms with van der Waals surface area (Å²) in [7, 11) is 0.